The van der Waals surface area contributed by atoms with Crippen LogP contribution in [-0.2, 0) is 14.3 Å². The molecule has 3 saturated carbocycles. The van der Waals surface area contributed by atoms with E-state index in [1.54, 1.807) is 0 Å². The van der Waals surface area contributed by atoms with E-state index in [-0.39, 0.29) is 5.41 Å². The Morgan fingerprint density at radius 1 is 1.14 bits per heavy atom. The molecule has 0 amide bonds. The van der Waals surface area contributed by atoms with E-state index in [1.165, 1.54) is 18.4 Å². The fraction of sp³-hybridized carbons (Fsp3) is 0.788. The van der Waals surface area contributed by atoms with Crippen LogP contribution in [-0.4, -0.2) is 85.1 Å². The van der Waals surface area contributed by atoms with Crippen LogP contribution < -0.4 is 0 Å². The van der Waals surface area contributed by atoms with Gasteiger partial charge in [0.2, 0.25) is 0 Å². The third-order valence-corrected chi connectivity index (χ3v) is 10.7. The lowest BCUT2D eigenvalue weighted by atomic mass is 9.60. The molecule has 0 aromatic heterocycles. The first kappa shape index (κ1) is 33.3. The average Bonchev–Trinajstić information content (AvgIpc) is 3.27. The van der Waals surface area contributed by atoms with Crippen molar-refractivity contribution in [3.05, 3.63) is 35.5 Å². The molecule has 238 valence electrons. The summed E-state index contributed by atoms with van der Waals surface area (Å²) >= 11 is 0. The summed E-state index contributed by atoms with van der Waals surface area (Å²) in [7, 11) is 0. The van der Waals surface area contributed by atoms with Gasteiger partial charge >= 0.3 is 5.97 Å². The Labute approximate surface area is 249 Å². The molecule has 1 heterocycles. The monoisotopic (exact) mass is 592 g/mol. The minimum Gasteiger partial charge on any atom is -0.479 e. The van der Waals surface area contributed by atoms with Crippen LogP contribution in [0.2, 0.25) is 0 Å². The molecule has 6 N–H and O–H groups in total. The Kier molecular flexibility index (Phi) is 10.5. The molecule has 0 bridgehead atoms. The van der Waals surface area contributed by atoms with Gasteiger partial charge in [0.25, 0.3) is 0 Å². The van der Waals surface area contributed by atoms with Gasteiger partial charge in [-0.15, -0.1) is 0 Å². The number of ether oxygens (including phenoxy) is 2. The number of hydrogen-bond donors (Lipinski definition) is 6. The number of fused-ring (bicyclic) bond motifs is 1. The minimum absolute atomic E-state index is 0.222. The molecule has 4 fully saturated rings. The molecule has 1 saturated heterocycles. The molecule has 42 heavy (non-hydrogen) atoms. The predicted molar refractivity (Wildman–Crippen MR) is 157 cm³/mol. The summed E-state index contributed by atoms with van der Waals surface area (Å²) in [6, 6.07) is 0. The molecule has 0 radical (unpaired) electrons. The van der Waals surface area contributed by atoms with E-state index in [2.05, 4.69) is 32.6 Å². The van der Waals surface area contributed by atoms with Crippen LogP contribution in [0.3, 0.4) is 0 Å². The molecule has 4 rings (SSSR count). The molecule has 9 heteroatoms. The zero-order valence-corrected chi connectivity index (χ0v) is 25.6. The minimum atomic E-state index is -1.74. The number of allylic oxidation sites excluding steroid dienone is 3. The molecule has 0 aromatic rings. The van der Waals surface area contributed by atoms with E-state index >= 15 is 0 Å². The van der Waals surface area contributed by atoms with Crippen molar-refractivity contribution in [2.24, 2.45) is 23.2 Å². The Hall–Kier alpha value is -1.59. The molecule has 0 unspecified atom stereocenters. The summed E-state index contributed by atoms with van der Waals surface area (Å²) in [4.78, 5) is 11.4. The smallest absolute Gasteiger partial charge is 0.335 e. The Bertz CT molecular complexity index is 1050. The molecule has 9 nitrogen and oxygen atoms in total. The van der Waals surface area contributed by atoms with Gasteiger partial charge in [-0.05, 0) is 93.1 Å². The second kappa shape index (κ2) is 13.2. The Balaban J connectivity index is 1.34. The van der Waals surface area contributed by atoms with Gasteiger partial charge in [-0.2, -0.15) is 0 Å². The first-order valence-corrected chi connectivity index (χ1v) is 15.7. The van der Waals surface area contributed by atoms with E-state index in [0.29, 0.717) is 37.0 Å². The maximum absolute atomic E-state index is 11.4. The van der Waals surface area contributed by atoms with Crippen molar-refractivity contribution in [2.75, 3.05) is 0 Å². The summed E-state index contributed by atoms with van der Waals surface area (Å²) in [6.45, 7) is 12.6. The highest BCUT2D eigenvalue weighted by molar-refractivity contribution is 5.73. The SMILES string of the molecule is C=C1/C(=C\C=C2/CCC[C@]3(C)[C@@H]([C@H](C)CCCC(C)(C)O[C@@H]4O[C@H](C(=O)O)[C@@H](O)[C@H](O)[C@H]4O)CC[C@@H]23)C[C@@H](O)C[C@@H]1O. The van der Waals surface area contributed by atoms with Crippen LogP contribution in [0.25, 0.3) is 0 Å². The van der Waals surface area contributed by atoms with Crippen LogP contribution in [0.4, 0.5) is 0 Å². The number of aliphatic carboxylic acids is 1. The summed E-state index contributed by atoms with van der Waals surface area (Å²) < 4.78 is 11.3. The van der Waals surface area contributed by atoms with E-state index in [4.69, 9.17) is 9.47 Å². The van der Waals surface area contributed by atoms with Crippen LogP contribution in [0, 0.1) is 23.2 Å². The fourth-order valence-corrected chi connectivity index (χ4v) is 8.25. The van der Waals surface area contributed by atoms with Gasteiger partial charge < -0.3 is 40.1 Å². The van der Waals surface area contributed by atoms with Gasteiger partial charge in [-0.3, -0.25) is 0 Å². The molecule has 0 spiro atoms. The van der Waals surface area contributed by atoms with Crippen molar-refractivity contribution < 1.29 is 44.9 Å². The summed E-state index contributed by atoms with van der Waals surface area (Å²) in [6.07, 6.45) is 4.33. The fourth-order valence-electron chi connectivity index (χ4n) is 8.25. The van der Waals surface area contributed by atoms with Gasteiger partial charge in [0, 0.05) is 6.42 Å². The summed E-state index contributed by atoms with van der Waals surface area (Å²) in [5.41, 5.74) is 2.63. The van der Waals surface area contributed by atoms with Crippen molar-refractivity contribution >= 4 is 5.97 Å². The second-order valence-electron chi connectivity index (χ2n) is 14.1. The lowest BCUT2D eigenvalue weighted by Gasteiger charge is -2.44. The zero-order valence-electron chi connectivity index (χ0n) is 25.6. The average molecular weight is 593 g/mol. The number of rotatable bonds is 9. The van der Waals surface area contributed by atoms with Gasteiger partial charge in [0.1, 0.15) is 18.3 Å². The van der Waals surface area contributed by atoms with Gasteiger partial charge in [-0.25, -0.2) is 4.79 Å². The van der Waals surface area contributed by atoms with Crippen molar-refractivity contribution in [1.82, 2.24) is 0 Å². The summed E-state index contributed by atoms with van der Waals surface area (Å²) in [5.74, 6) is 0.191. The number of carboxylic acids is 1. The van der Waals surface area contributed by atoms with Gasteiger partial charge in [0.15, 0.2) is 12.4 Å². The molecular weight excluding hydrogens is 540 g/mol. The number of carboxylic acid groups (broad SMARTS) is 1. The lowest BCUT2D eigenvalue weighted by Crippen LogP contribution is -2.61. The van der Waals surface area contributed by atoms with Crippen molar-refractivity contribution in [2.45, 2.75) is 140 Å². The first-order valence-electron chi connectivity index (χ1n) is 15.7. The maximum Gasteiger partial charge on any atom is 0.335 e. The number of aliphatic hydroxyl groups is 5. The third kappa shape index (κ3) is 7.04. The van der Waals surface area contributed by atoms with E-state index in [9.17, 15) is 35.4 Å². The van der Waals surface area contributed by atoms with Crippen LogP contribution in [0.5, 0.6) is 0 Å². The van der Waals surface area contributed by atoms with Gasteiger partial charge in [-0.1, -0.05) is 51.0 Å². The van der Waals surface area contributed by atoms with Crippen molar-refractivity contribution in [3.63, 3.8) is 0 Å². The van der Waals surface area contributed by atoms with Gasteiger partial charge in [0.05, 0.1) is 17.8 Å². The van der Waals surface area contributed by atoms with E-state index in [1.807, 2.05) is 13.8 Å². The predicted octanol–water partition coefficient (Wildman–Crippen LogP) is 3.62. The van der Waals surface area contributed by atoms with Crippen LogP contribution >= 0.6 is 0 Å². The highest BCUT2D eigenvalue weighted by Gasteiger charge is 2.51. The topological polar surface area (TPSA) is 157 Å². The van der Waals surface area contributed by atoms with Crippen LogP contribution in [0.1, 0.15) is 91.9 Å². The number of carbonyl (C=O) groups is 1. The molecule has 11 atom stereocenters. The highest BCUT2D eigenvalue weighted by Crippen LogP contribution is 2.60. The standard InChI is InChI=1S/C33H52O9/c1-18(8-6-14-32(3,4)42-31-28(38)26(36)27(37)29(41-31)30(39)40)23-12-13-24-20(9-7-15-33(23,24)5)10-11-21-16-22(34)17-25(35)19(21)2/h10-11,18,22-29,31,34-38H,2,6-9,12-17H2,1,3-5H3,(H,39,40)/b20-10+,21-11-/t18-,22-,23-,24+,25+,26+,27+,28-,29+,31+,33-/m1/s1. The lowest BCUT2D eigenvalue weighted by molar-refractivity contribution is -0.317. The second-order valence-corrected chi connectivity index (χ2v) is 14.1. The third-order valence-electron chi connectivity index (χ3n) is 10.7. The van der Waals surface area contributed by atoms with E-state index in [0.717, 1.165) is 43.3 Å². The number of hydrogen-bond acceptors (Lipinski definition) is 8. The zero-order chi connectivity index (χ0) is 31.0. The number of aliphatic hydroxyl groups excluding tert-OH is 5. The Morgan fingerprint density at radius 3 is 2.55 bits per heavy atom. The molecule has 3 aliphatic carbocycles. The van der Waals surface area contributed by atoms with Crippen LogP contribution in [0.15, 0.2) is 35.5 Å². The molecular formula is C33H52O9. The summed E-state index contributed by atoms with van der Waals surface area (Å²) in [5, 5.41) is 60.1. The normalized spacial score (nSPS) is 42.1. The first-order chi connectivity index (χ1) is 19.6. The quantitative estimate of drug-likeness (QED) is 0.235. The molecule has 1 aliphatic heterocycles. The van der Waals surface area contributed by atoms with Crippen molar-refractivity contribution in [1.29, 1.82) is 0 Å². The maximum atomic E-state index is 11.4. The van der Waals surface area contributed by atoms with Crippen molar-refractivity contribution in [3.8, 4) is 0 Å². The molecule has 4 aliphatic rings. The Morgan fingerprint density at radius 2 is 1.86 bits per heavy atom. The van der Waals surface area contributed by atoms with E-state index < -0.39 is 54.5 Å². The highest BCUT2D eigenvalue weighted by atomic mass is 16.7. The molecule has 0 aromatic carbocycles. The largest absolute Gasteiger partial charge is 0.479 e.